The molecule has 8 nitrogen and oxygen atoms in total. The van der Waals surface area contributed by atoms with E-state index >= 15 is 0 Å². The first-order chi connectivity index (χ1) is 12.4. The van der Waals surface area contributed by atoms with Gasteiger partial charge in [0.2, 0.25) is 10.0 Å². The summed E-state index contributed by atoms with van der Waals surface area (Å²) in [5.41, 5.74) is 1.96. The second-order valence-electron chi connectivity index (χ2n) is 5.55. The van der Waals surface area contributed by atoms with Crippen LogP contribution < -0.4 is 15.8 Å². The Morgan fingerprint density at radius 3 is 2.62 bits per heavy atom. The Morgan fingerprint density at radius 1 is 1.27 bits per heavy atom. The third kappa shape index (κ3) is 5.29. The maximum atomic E-state index is 11.4. The molecule has 2 heterocycles. The Hall–Kier alpha value is -1.91. The summed E-state index contributed by atoms with van der Waals surface area (Å²) in [5, 5.41) is 15.6. The number of guanidine groups is 1. The molecule has 0 bridgehead atoms. The van der Waals surface area contributed by atoms with Crippen LogP contribution >= 0.6 is 11.3 Å². The lowest BCUT2D eigenvalue weighted by Gasteiger charge is -2.10. The van der Waals surface area contributed by atoms with E-state index in [4.69, 9.17) is 9.66 Å². The lowest BCUT2D eigenvalue weighted by molar-refractivity contribution is 0.380. The van der Waals surface area contributed by atoms with Crippen molar-refractivity contribution in [2.45, 2.75) is 50.9 Å². The van der Waals surface area contributed by atoms with Gasteiger partial charge in [-0.05, 0) is 25.5 Å². The minimum absolute atomic E-state index is 0.154. The molecular weight excluding hydrogens is 374 g/mol. The van der Waals surface area contributed by atoms with Gasteiger partial charge >= 0.3 is 0 Å². The normalized spacial score (nSPS) is 12.4. The third-order valence-corrected chi connectivity index (χ3v) is 6.22. The second-order valence-corrected chi connectivity index (χ2v) is 8.51. The highest BCUT2D eigenvalue weighted by Crippen LogP contribution is 2.20. The van der Waals surface area contributed by atoms with Crippen molar-refractivity contribution in [1.29, 1.82) is 0 Å². The molecule has 0 aliphatic heterocycles. The van der Waals surface area contributed by atoms with E-state index in [0.29, 0.717) is 25.6 Å². The van der Waals surface area contributed by atoms with E-state index < -0.39 is 10.0 Å². The zero-order valence-corrected chi connectivity index (χ0v) is 16.8. The van der Waals surface area contributed by atoms with Crippen molar-refractivity contribution >= 4 is 27.3 Å². The number of primary sulfonamides is 1. The topological polar surface area (TPSA) is 123 Å². The fourth-order valence-electron chi connectivity index (χ4n) is 2.39. The molecule has 0 saturated carbocycles. The molecule has 2 rings (SSSR count). The van der Waals surface area contributed by atoms with E-state index in [0.717, 1.165) is 46.1 Å². The van der Waals surface area contributed by atoms with Crippen LogP contribution in [-0.4, -0.2) is 26.1 Å². The fourth-order valence-corrected chi connectivity index (χ4v) is 4.11. The van der Waals surface area contributed by atoms with Crippen LogP contribution in [0.15, 0.2) is 25.9 Å². The van der Waals surface area contributed by atoms with Crippen molar-refractivity contribution in [1.82, 2.24) is 15.8 Å². The molecule has 10 heteroatoms. The molecule has 0 aliphatic carbocycles. The Balaban J connectivity index is 2.07. The first-order valence-corrected chi connectivity index (χ1v) is 10.8. The highest BCUT2D eigenvalue weighted by Gasteiger charge is 2.14. The molecule has 0 atom stereocenters. The van der Waals surface area contributed by atoms with Crippen LogP contribution in [0.1, 0.15) is 42.7 Å². The van der Waals surface area contributed by atoms with Crippen molar-refractivity contribution in [2.24, 2.45) is 10.1 Å². The Labute approximate surface area is 157 Å². The van der Waals surface area contributed by atoms with Crippen molar-refractivity contribution in [3.05, 3.63) is 34.0 Å². The summed E-state index contributed by atoms with van der Waals surface area (Å²) in [4.78, 5) is 5.45. The van der Waals surface area contributed by atoms with Crippen LogP contribution in [-0.2, 0) is 36.0 Å². The smallest absolute Gasteiger partial charge is 0.247 e. The average molecular weight is 400 g/mol. The van der Waals surface area contributed by atoms with Crippen molar-refractivity contribution in [3.63, 3.8) is 0 Å². The Morgan fingerprint density at radius 2 is 2.04 bits per heavy atom. The zero-order chi connectivity index (χ0) is 19.2. The van der Waals surface area contributed by atoms with E-state index in [1.165, 1.54) is 6.07 Å². The zero-order valence-electron chi connectivity index (χ0n) is 15.2. The van der Waals surface area contributed by atoms with Crippen LogP contribution in [0.5, 0.6) is 0 Å². The molecule has 4 N–H and O–H groups in total. The van der Waals surface area contributed by atoms with Gasteiger partial charge in [-0.2, -0.15) is 0 Å². The summed E-state index contributed by atoms with van der Waals surface area (Å²) in [6.45, 7) is 7.68. The first kappa shape index (κ1) is 20.4. The fraction of sp³-hybridized carbons (Fsp3) is 0.500. The van der Waals surface area contributed by atoms with E-state index in [-0.39, 0.29) is 4.21 Å². The molecule has 0 unspecified atom stereocenters. The van der Waals surface area contributed by atoms with Gasteiger partial charge in [0.15, 0.2) is 5.96 Å². The average Bonchev–Trinajstić information content (AvgIpc) is 3.23. The Kier molecular flexibility index (Phi) is 7.18. The minimum Gasteiger partial charge on any atom is -0.361 e. The molecule has 2 aromatic rings. The number of nitrogens with one attached hydrogen (secondary N) is 2. The number of aromatic nitrogens is 1. The summed E-state index contributed by atoms with van der Waals surface area (Å²) in [5.74, 6) is 1.50. The van der Waals surface area contributed by atoms with Crippen LogP contribution in [0, 0.1) is 0 Å². The molecular formula is C16H25N5O3S2. The SMILES string of the molecule is CCNC(=NCc1c(CC)noc1CC)NCc1ccc(S(N)(=O)=O)s1. The molecule has 0 spiro atoms. The molecule has 2 aromatic heterocycles. The van der Waals surface area contributed by atoms with E-state index in [9.17, 15) is 8.42 Å². The summed E-state index contributed by atoms with van der Waals surface area (Å²) >= 11 is 1.14. The summed E-state index contributed by atoms with van der Waals surface area (Å²) in [6, 6.07) is 3.25. The largest absolute Gasteiger partial charge is 0.361 e. The predicted octanol–water partition coefficient (Wildman–Crippen LogP) is 1.76. The molecule has 0 radical (unpaired) electrons. The summed E-state index contributed by atoms with van der Waals surface area (Å²) in [6.07, 6.45) is 1.57. The number of nitrogens with zero attached hydrogens (tertiary/aromatic N) is 2. The van der Waals surface area contributed by atoms with Gasteiger partial charge in [-0.25, -0.2) is 18.5 Å². The van der Waals surface area contributed by atoms with E-state index in [2.05, 4.69) is 20.8 Å². The highest BCUT2D eigenvalue weighted by molar-refractivity contribution is 7.91. The van der Waals surface area contributed by atoms with Gasteiger partial charge in [-0.1, -0.05) is 19.0 Å². The van der Waals surface area contributed by atoms with Crippen LogP contribution in [0.25, 0.3) is 0 Å². The summed E-state index contributed by atoms with van der Waals surface area (Å²) in [7, 11) is -3.66. The number of aliphatic imine (C=N–C) groups is 1. The summed E-state index contributed by atoms with van der Waals surface area (Å²) < 4.78 is 28.2. The molecule has 144 valence electrons. The van der Waals surface area contributed by atoms with Gasteiger partial charge in [0.05, 0.1) is 18.8 Å². The predicted molar refractivity (Wildman–Crippen MR) is 103 cm³/mol. The first-order valence-electron chi connectivity index (χ1n) is 8.48. The minimum atomic E-state index is -3.66. The monoisotopic (exact) mass is 399 g/mol. The lowest BCUT2D eigenvalue weighted by atomic mass is 10.1. The van der Waals surface area contributed by atoms with Gasteiger partial charge in [-0.3, -0.25) is 0 Å². The van der Waals surface area contributed by atoms with Crippen LogP contribution in [0.4, 0.5) is 0 Å². The molecule has 26 heavy (non-hydrogen) atoms. The Bertz CT molecular complexity index is 834. The molecule has 0 amide bonds. The quantitative estimate of drug-likeness (QED) is 0.459. The highest BCUT2D eigenvalue weighted by atomic mass is 32.2. The maximum Gasteiger partial charge on any atom is 0.247 e. The standard InChI is InChI=1S/C16H25N5O3S2/c1-4-13-12(14(5-2)24-21-13)10-20-16(18-6-3)19-9-11-7-8-15(25-11)26(17,22)23/h7-8H,4-6,9-10H2,1-3H3,(H2,17,22,23)(H2,18,19,20). The van der Waals surface area contributed by atoms with Gasteiger partial charge in [0.25, 0.3) is 0 Å². The lowest BCUT2D eigenvalue weighted by Crippen LogP contribution is -2.36. The van der Waals surface area contributed by atoms with Gasteiger partial charge in [-0.15, -0.1) is 11.3 Å². The number of nitrogens with two attached hydrogens (primary N) is 1. The molecule has 0 aliphatic rings. The van der Waals surface area contributed by atoms with Crippen molar-refractivity contribution in [2.75, 3.05) is 6.54 Å². The van der Waals surface area contributed by atoms with E-state index in [1.807, 2.05) is 20.8 Å². The van der Waals surface area contributed by atoms with Gasteiger partial charge in [0, 0.05) is 23.4 Å². The number of sulfonamides is 1. The number of hydrogen-bond acceptors (Lipinski definition) is 6. The number of rotatable bonds is 8. The second kappa shape index (κ2) is 9.15. The molecule has 0 saturated heterocycles. The molecule has 0 aromatic carbocycles. The molecule has 0 fully saturated rings. The van der Waals surface area contributed by atoms with E-state index in [1.54, 1.807) is 6.07 Å². The number of aryl methyl sites for hydroxylation is 2. The van der Waals surface area contributed by atoms with Crippen LogP contribution in [0.2, 0.25) is 0 Å². The number of thiophene rings is 1. The number of hydrogen-bond donors (Lipinski definition) is 3. The van der Waals surface area contributed by atoms with Crippen LogP contribution in [0.3, 0.4) is 0 Å². The van der Waals surface area contributed by atoms with Crippen molar-refractivity contribution in [3.8, 4) is 0 Å². The van der Waals surface area contributed by atoms with Gasteiger partial charge in [0.1, 0.15) is 9.97 Å². The van der Waals surface area contributed by atoms with Crippen molar-refractivity contribution < 1.29 is 12.9 Å². The third-order valence-electron chi connectivity index (χ3n) is 3.69. The van der Waals surface area contributed by atoms with Gasteiger partial charge < -0.3 is 15.2 Å². The maximum absolute atomic E-state index is 11.4.